The third kappa shape index (κ3) is 3.27. The van der Waals surface area contributed by atoms with Crippen molar-refractivity contribution in [1.29, 1.82) is 0 Å². The van der Waals surface area contributed by atoms with Gasteiger partial charge in [-0.2, -0.15) is 0 Å². The van der Waals surface area contributed by atoms with Gasteiger partial charge in [0.25, 0.3) is 0 Å². The van der Waals surface area contributed by atoms with Crippen molar-refractivity contribution < 1.29 is 9.59 Å². The third-order valence-electron chi connectivity index (χ3n) is 2.62. The lowest BCUT2D eigenvalue weighted by molar-refractivity contribution is -0.117. The highest BCUT2D eigenvalue weighted by atomic mass is 127. The molecule has 1 aliphatic heterocycles. The van der Waals surface area contributed by atoms with Gasteiger partial charge >= 0.3 is 0 Å². The molecule has 0 spiro atoms. The van der Waals surface area contributed by atoms with Gasteiger partial charge in [0.1, 0.15) is 0 Å². The van der Waals surface area contributed by atoms with Crippen LogP contribution in [0, 0.1) is 3.57 Å². The summed E-state index contributed by atoms with van der Waals surface area (Å²) in [7, 11) is 0. The van der Waals surface area contributed by atoms with Gasteiger partial charge in [0.2, 0.25) is 5.91 Å². The summed E-state index contributed by atoms with van der Waals surface area (Å²) >= 11 is 6.97. The van der Waals surface area contributed by atoms with Gasteiger partial charge in [-0.05, 0) is 56.7 Å². The molecular weight excluding hydrogens is 429 g/mol. The Balaban J connectivity index is 2.19. The first kappa shape index (κ1) is 14.3. The molecule has 1 fully saturated rings. The maximum absolute atomic E-state index is 12.0. The van der Waals surface area contributed by atoms with E-state index >= 15 is 0 Å². The Bertz CT molecular complexity index is 509. The molecule has 1 amide bonds. The average molecular weight is 440 g/mol. The maximum atomic E-state index is 12.0. The minimum atomic E-state index is 0.0660. The summed E-state index contributed by atoms with van der Waals surface area (Å²) in [5.41, 5.74) is 0.882. The number of hydrogen-bond acceptors (Lipinski definition) is 3. The van der Waals surface area contributed by atoms with Crippen LogP contribution in [0.15, 0.2) is 22.7 Å². The number of hydrogen-bond donors (Lipinski definition) is 0. The molecule has 1 aromatic rings. The molecule has 1 unspecified atom stereocenters. The Kier molecular flexibility index (Phi) is 4.71. The van der Waals surface area contributed by atoms with Gasteiger partial charge in [-0.1, -0.05) is 11.8 Å². The number of thioether (sulfide) groups is 1. The highest BCUT2D eigenvalue weighted by Gasteiger charge is 2.32. The molecule has 96 valence electrons. The minimum Gasteiger partial charge on any atom is -0.310 e. The van der Waals surface area contributed by atoms with Crippen LogP contribution in [-0.4, -0.2) is 22.8 Å². The second-order valence-corrected chi connectivity index (χ2v) is 7.61. The molecule has 0 aromatic heterocycles. The average Bonchev–Trinajstić information content (AvgIpc) is 2.58. The highest BCUT2D eigenvalue weighted by molar-refractivity contribution is 14.1. The molecule has 1 aromatic carbocycles. The van der Waals surface area contributed by atoms with Crippen molar-refractivity contribution in [1.82, 2.24) is 0 Å². The molecule has 0 aliphatic carbocycles. The number of nitrogens with zero attached hydrogens (tertiary/aromatic N) is 1. The van der Waals surface area contributed by atoms with E-state index in [4.69, 9.17) is 0 Å². The molecule has 3 nitrogen and oxygen atoms in total. The second-order valence-electron chi connectivity index (χ2n) is 4.04. The Morgan fingerprint density at radius 1 is 1.56 bits per heavy atom. The normalized spacial score (nSPS) is 19.4. The first-order chi connectivity index (χ1) is 8.47. The van der Waals surface area contributed by atoms with Crippen LogP contribution in [0.25, 0.3) is 0 Å². The molecule has 1 saturated heterocycles. The number of rotatable bonds is 2. The van der Waals surface area contributed by atoms with E-state index in [2.05, 4.69) is 38.5 Å². The van der Waals surface area contributed by atoms with Gasteiger partial charge in [0.15, 0.2) is 5.12 Å². The molecule has 0 N–H and O–H groups in total. The highest BCUT2D eigenvalue weighted by Crippen LogP contribution is 2.33. The topological polar surface area (TPSA) is 37.4 Å². The van der Waals surface area contributed by atoms with Crippen molar-refractivity contribution in [2.75, 3.05) is 11.4 Å². The fourth-order valence-electron chi connectivity index (χ4n) is 1.92. The van der Waals surface area contributed by atoms with Gasteiger partial charge in [-0.3, -0.25) is 9.59 Å². The summed E-state index contributed by atoms with van der Waals surface area (Å²) in [5.74, 6) is 0.0793. The zero-order valence-electron chi connectivity index (χ0n) is 9.65. The Morgan fingerprint density at radius 2 is 2.28 bits per heavy atom. The quantitative estimate of drug-likeness (QED) is 0.662. The zero-order chi connectivity index (χ0) is 13.3. The fraction of sp³-hybridized carbons (Fsp3) is 0.333. The minimum absolute atomic E-state index is 0.0660. The van der Waals surface area contributed by atoms with E-state index in [0.29, 0.717) is 13.0 Å². The van der Waals surface area contributed by atoms with Gasteiger partial charge in [0, 0.05) is 33.2 Å². The van der Waals surface area contributed by atoms with E-state index < -0.39 is 0 Å². The van der Waals surface area contributed by atoms with E-state index in [9.17, 15) is 9.59 Å². The number of halogens is 2. The Morgan fingerprint density at radius 3 is 2.89 bits per heavy atom. The SMILES string of the molecule is CC(=O)SC1CC(=O)N(c2ccc(I)cc2Br)C1. The van der Waals surface area contributed by atoms with E-state index in [1.807, 2.05) is 18.2 Å². The summed E-state index contributed by atoms with van der Waals surface area (Å²) in [5, 5.41) is 0.137. The van der Waals surface area contributed by atoms with E-state index in [1.54, 1.807) is 11.8 Å². The molecule has 2 rings (SSSR count). The zero-order valence-corrected chi connectivity index (χ0v) is 14.2. The molecule has 6 heteroatoms. The standard InChI is InChI=1S/C12H11BrINO2S/c1-7(16)18-9-5-12(17)15(6-9)11-3-2-8(14)4-10(11)13/h2-4,9H,5-6H2,1H3. The summed E-state index contributed by atoms with van der Waals surface area (Å²) < 4.78 is 2.03. The molecule has 0 radical (unpaired) electrons. The van der Waals surface area contributed by atoms with E-state index in [1.165, 1.54) is 11.8 Å². The van der Waals surface area contributed by atoms with Crippen LogP contribution in [0.3, 0.4) is 0 Å². The van der Waals surface area contributed by atoms with Crippen LogP contribution in [0.1, 0.15) is 13.3 Å². The number of benzene rings is 1. The van der Waals surface area contributed by atoms with Gasteiger partial charge in [0.05, 0.1) is 5.69 Å². The van der Waals surface area contributed by atoms with Crippen LogP contribution >= 0.6 is 50.3 Å². The Labute approximate surface area is 132 Å². The fourth-order valence-corrected chi connectivity index (χ4v) is 4.35. The molecular formula is C12H11BrINO2S. The number of amides is 1. The molecule has 0 bridgehead atoms. The van der Waals surface area contributed by atoms with E-state index in [-0.39, 0.29) is 16.3 Å². The third-order valence-corrected chi connectivity index (χ3v) is 4.91. The lowest BCUT2D eigenvalue weighted by Crippen LogP contribution is -2.25. The summed E-state index contributed by atoms with van der Waals surface area (Å²) in [4.78, 5) is 24.8. The van der Waals surface area contributed by atoms with Gasteiger partial charge < -0.3 is 4.90 Å². The van der Waals surface area contributed by atoms with E-state index in [0.717, 1.165) is 13.7 Å². The monoisotopic (exact) mass is 439 g/mol. The molecule has 1 atom stereocenters. The largest absolute Gasteiger partial charge is 0.310 e. The first-order valence-electron chi connectivity index (χ1n) is 5.40. The number of anilines is 1. The van der Waals surface area contributed by atoms with Crippen LogP contribution in [0.2, 0.25) is 0 Å². The van der Waals surface area contributed by atoms with Crippen molar-refractivity contribution in [3.8, 4) is 0 Å². The second kappa shape index (κ2) is 5.92. The van der Waals surface area contributed by atoms with Crippen LogP contribution < -0.4 is 4.90 Å². The van der Waals surface area contributed by atoms with Crippen molar-refractivity contribution in [3.05, 3.63) is 26.2 Å². The van der Waals surface area contributed by atoms with Crippen molar-refractivity contribution in [2.45, 2.75) is 18.6 Å². The molecule has 0 saturated carbocycles. The van der Waals surface area contributed by atoms with Crippen LogP contribution in [0.4, 0.5) is 5.69 Å². The summed E-state index contributed by atoms with van der Waals surface area (Å²) in [6.07, 6.45) is 0.433. The van der Waals surface area contributed by atoms with Gasteiger partial charge in [-0.25, -0.2) is 0 Å². The summed E-state index contributed by atoms with van der Waals surface area (Å²) in [6, 6.07) is 5.89. The number of carbonyl (C=O) groups is 2. The maximum Gasteiger partial charge on any atom is 0.228 e. The van der Waals surface area contributed by atoms with Crippen molar-refractivity contribution in [2.24, 2.45) is 0 Å². The van der Waals surface area contributed by atoms with Crippen molar-refractivity contribution in [3.63, 3.8) is 0 Å². The predicted octanol–water partition coefficient (Wildman–Crippen LogP) is 3.44. The Hall–Kier alpha value is -0.0800. The predicted molar refractivity (Wildman–Crippen MR) is 85.9 cm³/mol. The van der Waals surface area contributed by atoms with Crippen LogP contribution in [0.5, 0.6) is 0 Å². The molecule has 1 aliphatic rings. The van der Waals surface area contributed by atoms with Gasteiger partial charge in [-0.15, -0.1) is 0 Å². The molecule has 18 heavy (non-hydrogen) atoms. The lowest BCUT2D eigenvalue weighted by Gasteiger charge is -2.18. The molecule has 1 heterocycles. The van der Waals surface area contributed by atoms with Crippen LogP contribution in [-0.2, 0) is 9.59 Å². The smallest absolute Gasteiger partial charge is 0.228 e. The first-order valence-corrected chi connectivity index (χ1v) is 8.15. The summed E-state index contributed by atoms with van der Waals surface area (Å²) in [6.45, 7) is 2.14. The number of carbonyl (C=O) groups excluding carboxylic acids is 2. The lowest BCUT2D eigenvalue weighted by atomic mass is 10.3. The van der Waals surface area contributed by atoms with Crippen molar-refractivity contribution >= 4 is 67.0 Å².